The molecule has 1 aromatic rings. The van der Waals surface area contributed by atoms with Crippen LogP contribution in [0.4, 0.5) is 0 Å². The van der Waals surface area contributed by atoms with Gasteiger partial charge in [0.15, 0.2) is 0 Å². The highest BCUT2D eigenvalue weighted by molar-refractivity contribution is 7.89. The van der Waals surface area contributed by atoms with Crippen molar-refractivity contribution in [2.45, 2.75) is 57.1 Å². The molecule has 0 aromatic carbocycles. The lowest BCUT2D eigenvalue weighted by Crippen LogP contribution is -2.20. The Morgan fingerprint density at radius 1 is 1.28 bits per heavy atom. The van der Waals surface area contributed by atoms with Gasteiger partial charge in [-0.15, -0.1) is 10.2 Å². The van der Waals surface area contributed by atoms with Crippen LogP contribution < -0.4 is 5.14 Å². The van der Waals surface area contributed by atoms with Crippen LogP contribution in [0.2, 0.25) is 0 Å². The van der Waals surface area contributed by atoms with Gasteiger partial charge in [-0.25, -0.2) is 13.6 Å². The number of rotatable bonds is 4. The van der Waals surface area contributed by atoms with Gasteiger partial charge >= 0.3 is 0 Å². The standard InChI is InChI=1S/C11H20N4O2S/c1-2-15-10(8-9-6-4-3-5-7-9)13-14-11(15)18(12,16)17/h9H,2-8H2,1H3,(H2,12,16,17). The molecule has 7 heteroatoms. The average molecular weight is 272 g/mol. The van der Waals surface area contributed by atoms with E-state index in [4.69, 9.17) is 5.14 Å². The third-order valence-corrected chi connectivity index (χ3v) is 4.37. The first-order valence-electron chi connectivity index (χ1n) is 6.47. The minimum absolute atomic E-state index is 0.115. The molecule has 0 aliphatic heterocycles. The van der Waals surface area contributed by atoms with Gasteiger partial charge in [-0.05, 0) is 12.8 Å². The maximum Gasteiger partial charge on any atom is 0.273 e. The average Bonchev–Trinajstić information content (AvgIpc) is 2.73. The summed E-state index contributed by atoms with van der Waals surface area (Å²) in [6.45, 7) is 2.41. The van der Waals surface area contributed by atoms with Crippen molar-refractivity contribution in [3.05, 3.63) is 5.82 Å². The Kier molecular flexibility index (Phi) is 4.01. The van der Waals surface area contributed by atoms with E-state index in [-0.39, 0.29) is 5.16 Å². The smallest absolute Gasteiger partial charge is 0.273 e. The van der Waals surface area contributed by atoms with Gasteiger partial charge in [-0.3, -0.25) is 0 Å². The summed E-state index contributed by atoms with van der Waals surface area (Å²) in [6, 6.07) is 0. The normalized spacial score (nSPS) is 18.1. The van der Waals surface area contributed by atoms with Crippen molar-refractivity contribution in [3.63, 3.8) is 0 Å². The molecule has 1 aromatic heterocycles. The van der Waals surface area contributed by atoms with E-state index < -0.39 is 10.0 Å². The largest absolute Gasteiger partial charge is 0.301 e. The van der Waals surface area contributed by atoms with E-state index in [1.54, 1.807) is 4.57 Å². The fraction of sp³-hybridized carbons (Fsp3) is 0.818. The van der Waals surface area contributed by atoms with Gasteiger partial charge < -0.3 is 4.57 Å². The number of primary sulfonamides is 1. The van der Waals surface area contributed by atoms with Crippen LogP contribution in [-0.4, -0.2) is 23.2 Å². The second-order valence-electron chi connectivity index (χ2n) is 4.90. The fourth-order valence-electron chi connectivity index (χ4n) is 2.65. The van der Waals surface area contributed by atoms with Gasteiger partial charge in [0.05, 0.1) is 0 Å². The topological polar surface area (TPSA) is 90.9 Å². The van der Waals surface area contributed by atoms with Crippen molar-refractivity contribution >= 4 is 10.0 Å². The number of aromatic nitrogens is 3. The summed E-state index contributed by atoms with van der Waals surface area (Å²) >= 11 is 0. The van der Waals surface area contributed by atoms with E-state index in [0.29, 0.717) is 12.5 Å². The summed E-state index contributed by atoms with van der Waals surface area (Å²) in [6.07, 6.45) is 7.01. The Hall–Kier alpha value is -0.950. The van der Waals surface area contributed by atoms with Crippen LogP contribution in [0, 0.1) is 5.92 Å². The van der Waals surface area contributed by atoms with Crippen LogP contribution in [0.1, 0.15) is 44.9 Å². The quantitative estimate of drug-likeness (QED) is 0.887. The van der Waals surface area contributed by atoms with Crippen LogP contribution in [0.3, 0.4) is 0 Å². The summed E-state index contributed by atoms with van der Waals surface area (Å²) in [4.78, 5) is 0. The molecule has 0 atom stereocenters. The number of hydrogen-bond donors (Lipinski definition) is 1. The predicted octanol–water partition coefficient (Wildman–Crippen LogP) is 1.07. The van der Waals surface area contributed by atoms with E-state index in [1.165, 1.54) is 32.1 Å². The van der Waals surface area contributed by atoms with Crippen molar-refractivity contribution in [1.82, 2.24) is 14.8 Å². The highest BCUT2D eigenvalue weighted by Gasteiger charge is 2.23. The van der Waals surface area contributed by atoms with Crippen LogP contribution in [0.25, 0.3) is 0 Å². The third-order valence-electron chi connectivity index (χ3n) is 3.56. The van der Waals surface area contributed by atoms with Gasteiger partial charge in [0.25, 0.3) is 15.2 Å². The highest BCUT2D eigenvalue weighted by Crippen LogP contribution is 2.26. The minimum Gasteiger partial charge on any atom is -0.301 e. The van der Waals surface area contributed by atoms with Gasteiger partial charge in [-0.1, -0.05) is 32.1 Å². The van der Waals surface area contributed by atoms with Crippen LogP contribution >= 0.6 is 0 Å². The van der Waals surface area contributed by atoms with E-state index in [0.717, 1.165) is 12.2 Å². The Morgan fingerprint density at radius 2 is 1.94 bits per heavy atom. The summed E-state index contributed by atoms with van der Waals surface area (Å²) in [5.74, 6) is 1.34. The first kappa shape index (κ1) is 13.5. The highest BCUT2D eigenvalue weighted by atomic mass is 32.2. The Labute approximate surface area is 108 Å². The van der Waals surface area contributed by atoms with Crippen molar-refractivity contribution in [2.75, 3.05) is 0 Å². The van der Waals surface area contributed by atoms with E-state index in [9.17, 15) is 8.42 Å². The molecule has 0 saturated heterocycles. The fourth-order valence-corrected chi connectivity index (χ4v) is 3.34. The lowest BCUT2D eigenvalue weighted by molar-refractivity contribution is 0.347. The lowest BCUT2D eigenvalue weighted by Gasteiger charge is -2.21. The number of nitrogens with zero attached hydrogens (tertiary/aromatic N) is 3. The molecule has 1 saturated carbocycles. The zero-order chi connectivity index (χ0) is 13.2. The van der Waals surface area contributed by atoms with Gasteiger partial charge in [0.1, 0.15) is 5.82 Å². The first-order valence-corrected chi connectivity index (χ1v) is 8.02. The summed E-state index contributed by atoms with van der Waals surface area (Å²) in [5.41, 5.74) is 0. The minimum atomic E-state index is -3.78. The van der Waals surface area contributed by atoms with E-state index >= 15 is 0 Å². The molecule has 1 fully saturated rings. The van der Waals surface area contributed by atoms with Gasteiger partial charge in [0.2, 0.25) is 0 Å². The molecule has 2 rings (SSSR count). The molecule has 0 unspecified atom stereocenters. The molecule has 18 heavy (non-hydrogen) atoms. The maximum atomic E-state index is 11.4. The molecule has 1 heterocycles. The molecule has 0 spiro atoms. The van der Waals surface area contributed by atoms with Gasteiger partial charge in [0, 0.05) is 13.0 Å². The van der Waals surface area contributed by atoms with Crippen LogP contribution in [0.15, 0.2) is 5.16 Å². The molecule has 1 aliphatic carbocycles. The second-order valence-corrected chi connectivity index (χ2v) is 6.35. The Morgan fingerprint density at radius 3 is 2.50 bits per heavy atom. The molecule has 6 nitrogen and oxygen atoms in total. The lowest BCUT2D eigenvalue weighted by atomic mass is 9.87. The predicted molar refractivity (Wildman–Crippen MR) is 67.3 cm³/mol. The third kappa shape index (κ3) is 2.89. The van der Waals surface area contributed by atoms with Crippen molar-refractivity contribution < 1.29 is 8.42 Å². The van der Waals surface area contributed by atoms with Crippen molar-refractivity contribution in [2.24, 2.45) is 11.1 Å². The SMILES string of the molecule is CCn1c(CC2CCCCC2)nnc1S(N)(=O)=O. The molecule has 0 radical (unpaired) electrons. The molecule has 102 valence electrons. The van der Waals surface area contributed by atoms with Crippen molar-refractivity contribution in [3.8, 4) is 0 Å². The molecule has 0 amide bonds. The molecule has 1 aliphatic rings. The van der Waals surface area contributed by atoms with E-state index in [1.807, 2.05) is 6.92 Å². The van der Waals surface area contributed by atoms with Crippen molar-refractivity contribution in [1.29, 1.82) is 0 Å². The number of hydrogen-bond acceptors (Lipinski definition) is 4. The zero-order valence-corrected chi connectivity index (χ0v) is 11.5. The molecular formula is C11H20N4O2S. The second kappa shape index (κ2) is 5.36. The Balaban J connectivity index is 2.20. The zero-order valence-electron chi connectivity index (χ0n) is 10.7. The van der Waals surface area contributed by atoms with Crippen LogP contribution in [-0.2, 0) is 23.0 Å². The number of sulfonamides is 1. The molecular weight excluding hydrogens is 252 g/mol. The molecule has 2 N–H and O–H groups in total. The summed E-state index contributed by atoms with van der Waals surface area (Å²) in [5, 5.41) is 12.7. The number of nitrogens with two attached hydrogens (primary N) is 1. The summed E-state index contributed by atoms with van der Waals surface area (Å²) < 4.78 is 24.4. The maximum absolute atomic E-state index is 11.4. The Bertz CT molecular complexity index is 503. The first-order chi connectivity index (χ1) is 8.52. The summed E-state index contributed by atoms with van der Waals surface area (Å²) in [7, 11) is -3.78. The monoisotopic (exact) mass is 272 g/mol. The van der Waals surface area contributed by atoms with Gasteiger partial charge in [-0.2, -0.15) is 0 Å². The van der Waals surface area contributed by atoms with Crippen LogP contribution in [0.5, 0.6) is 0 Å². The van der Waals surface area contributed by atoms with E-state index in [2.05, 4.69) is 10.2 Å². The molecule has 0 bridgehead atoms.